The van der Waals surface area contributed by atoms with Gasteiger partial charge >= 0.3 is 0 Å². The fraction of sp³-hybridized carbons (Fsp3) is 0. The van der Waals surface area contributed by atoms with Crippen molar-refractivity contribution in [3.05, 3.63) is 146 Å². The average Bonchev–Trinajstić information content (AvgIpc) is 3.80. The van der Waals surface area contributed by atoms with Gasteiger partial charge < -0.3 is 9.13 Å². The van der Waals surface area contributed by atoms with Crippen LogP contribution in [0.15, 0.2) is 146 Å². The number of para-hydroxylation sites is 3. The Hall–Kier alpha value is -6.53. The maximum atomic E-state index is 5.24. The lowest BCUT2D eigenvalue weighted by Crippen LogP contribution is -1.96. The average molecular weight is 601 g/mol. The Morgan fingerprint density at radius 3 is 1.83 bits per heavy atom. The normalized spacial score (nSPS) is 12.3. The van der Waals surface area contributed by atoms with Crippen LogP contribution in [0.2, 0.25) is 0 Å². The van der Waals surface area contributed by atoms with Crippen molar-refractivity contribution >= 4 is 82.2 Å². The van der Waals surface area contributed by atoms with Gasteiger partial charge in [0.15, 0.2) is 5.65 Å². The number of benzene rings is 5. The molecule has 0 unspecified atom stereocenters. The highest BCUT2D eigenvalue weighted by molar-refractivity contribution is 6.33. The number of pyridine rings is 3. The smallest absolute Gasteiger partial charge is 0.166 e. The summed E-state index contributed by atoms with van der Waals surface area (Å²) in [5.74, 6) is 0. The molecule has 0 spiro atoms. The molecule has 0 aliphatic carbocycles. The van der Waals surface area contributed by atoms with Gasteiger partial charge in [-0.3, -0.25) is 4.40 Å². The van der Waals surface area contributed by atoms with E-state index in [1.165, 1.54) is 38.1 Å². The van der Waals surface area contributed by atoms with Crippen LogP contribution < -0.4 is 0 Å². The largest absolute Gasteiger partial charge is 0.309 e. The van der Waals surface area contributed by atoms with Crippen LogP contribution in [0.1, 0.15) is 0 Å². The van der Waals surface area contributed by atoms with Crippen molar-refractivity contribution in [1.82, 2.24) is 28.5 Å². The molecule has 47 heavy (non-hydrogen) atoms. The molecule has 0 N–H and O–H groups in total. The molecule has 218 valence electrons. The van der Waals surface area contributed by atoms with Gasteiger partial charge in [-0.1, -0.05) is 66.7 Å². The van der Waals surface area contributed by atoms with Crippen molar-refractivity contribution < 1.29 is 0 Å². The Bertz CT molecular complexity index is 3060. The maximum Gasteiger partial charge on any atom is 0.166 e. The Morgan fingerprint density at radius 1 is 0.383 bits per heavy atom. The third kappa shape index (κ3) is 3.16. The number of nitrogens with zero attached hydrogens (tertiary/aromatic N) is 6. The summed E-state index contributed by atoms with van der Waals surface area (Å²) in [6.07, 6.45) is 3.68. The fourth-order valence-electron chi connectivity index (χ4n) is 7.87. The zero-order chi connectivity index (χ0) is 30.6. The molecule has 0 saturated carbocycles. The highest BCUT2D eigenvalue weighted by atomic mass is 15.1. The summed E-state index contributed by atoms with van der Waals surface area (Å²) in [6, 6.07) is 47.4. The van der Waals surface area contributed by atoms with Gasteiger partial charge in [-0.05, 0) is 72.1 Å². The number of imidazole rings is 1. The second kappa shape index (κ2) is 9.02. The van der Waals surface area contributed by atoms with Crippen LogP contribution >= 0.6 is 0 Å². The molecule has 6 heteroatoms. The van der Waals surface area contributed by atoms with Gasteiger partial charge in [-0.25, -0.2) is 15.0 Å². The molecular weight excluding hydrogens is 576 g/mol. The quantitative estimate of drug-likeness (QED) is 0.186. The van der Waals surface area contributed by atoms with Crippen molar-refractivity contribution in [3.8, 4) is 11.4 Å². The number of hydrogen-bond acceptors (Lipinski definition) is 3. The van der Waals surface area contributed by atoms with E-state index in [1.807, 2.05) is 30.6 Å². The van der Waals surface area contributed by atoms with Gasteiger partial charge in [-0.15, -0.1) is 0 Å². The van der Waals surface area contributed by atoms with E-state index in [-0.39, 0.29) is 0 Å². The number of aromatic nitrogens is 6. The standard InChI is InChI=1S/C41H24N6/c1-3-11-25(12-4-1)45-32-18-8-7-15-29(32)36-34(45)22-20-30-35-33(46(38(30)36)26-13-5-2-6-14-26)21-19-27-28-16-9-23-42-39(28)47-40-31(17-10-24-43-40)44-41(47)37(27)35/h1-24H. The highest BCUT2D eigenvalue weighted by Gasteiger charge is 2.24. The summed E-state index contributed by atoms with van der Waals surface area (Å²) in [4.78, 5) is 14.9. The molecule has 11 aromatic rings. The molecule has 11 rings (SSSR count). The molecule has 6 heterocycles. The first kappa shape index (κ1) is 24.8. The lowest BCUT2D eigenvalue weighted by molar-refractivity contribution is 1.17. The van der Waals surface area contributed by atoms with Crippen LogP contribution in [-0.4, -0.2) is 28.5 Å². The van der Waals surface area contributed by atoms with Gasteiger partial charge in [0.05, 0.1) is 22.1 Å². The topological polar surface area (TPSA) is 52.9 Å². The molecule has 6 aromatic heterocycles. The molecule has 6 nitrogen and oxygen atoms in total. The van der Waals surface area contributed by atoms with E-state index < -0.39 is 0 Å². The molecular formula is C41H24N6. The van der Waals surface area contributed by atoms with Crippen LogP contribution in [0, 0.1) is 0 Å². The molecule has 0 atom stereocenters. The Balaban J connectivity index is 1.45. The first-order valence-corrected chi connectivity index (χ1v) is 15.8. The monoisotopic (exact) mass is 600 g/mol. The first-order valence-electron chi connectivity index (χ1n) is 15.8. The van der Waals surface area contributed by atoms with Crippen LogP contribution in [0.25, 0.3) is 93.6 Å². The van der Waals surface area contributed by atoms with E-state index in [9.17, 15) is 0 Å². The Morgan fingerprint density at radius 2 is 1.02 bits per heavy atom. The third-order valence-corrected chi connectivity index (χ3v) is 9.69. The Labute approximate surface area is 267 Å². The van der Waals surface area contributed by atoms with Gasteiger partial charge in [0.2, 0.25) is 0 Å². The van der Waals surface area contributed by atoms with Crippen LogP contribution in [0.4, 0.5) is 0 Å². The summed E-state index contributed by atoms with van der Waals surface area (Å²) in [7, 11) is 0. The molecule has 0 saturated heterocycles. The minimum atomic E-state index is 0.810. The molecule has 0 amide bonds. The zero-order valence-corrected chi connectivity index (χ0v) is 25.0. The van der Waals surface area contributed by atoms with E-state index >= 15 is 0 Å². The number of rotatable bonds is 2. The Kier molecular flexibility index (Phi) is 4.75. The van der Waals surface area contributed by atoms with Crippen molar-refractivity contribution in [2.24, 2.45) is 0 Å². The zero-order valence-electron chi connectivity index (χ0n) is 25.0. The second-order valence-electron chi connectivity index (χ2n) is 12.1. The summed E-state index contributed by atoms with van der Waals surface area (Å²) in [5, 5.41) is 8.10. The molecule has 0 fully saturated rings. The lowest BCUT2D eigenvalue weighted by atomic mass is 10.0. The summed E-state index contributed by atoms with van der Waals surface area (Å²) < 4.78 is 6.97. The maximum absolute atomic E-state index is 5.24. The summed E-state index contributed by atoms with van der Waals surface area (Å²) in [6.45, 7) is 0. The van der Waals surface area contributed by atoms with Crippen LogP contribution in [-0.2, 0) is 0 Å². The lowest BCUT2D eigenvalue weighted by Gasteiger charge is -2.11. The fourth-order valence-corrected chi connectivity index (χ4v) is 7.87. The first-order chi connectivity index (χ1) is 23.4. The SMILES string of the molecule is c1ccc(-n2c3ccccc3c3c2ccc2c4c5c(ccc4n(-c4ccccc4)c23)c2cccnc2n2c3ncccc3nc52)cc1. The van der Waals surface area contributed by atoms with E-state index in [0.717, 1.165) is 55.5 Å². The molecule has 5 aromatic carbocycles. The van der Waals surface area contributed by atoms with Crippen LogP contribution in [0.5, 0.6) is 0 Å². The number of fused-ring (bicyclic) bond motifs is 16. The minimum absolute atomic E-state index is 0.810. The van der Waals surface area contributed by atoms with Crippen molar-refractivity contribution in [3.63, 3.8) is 0 Å². The van der Waals surface area contributed by atoms with Crippen molar-refractivity contribution in [1.29, 1.82) is 0 Å². The van der Waals surface area contributed by atoms with Gasteiger partial charge in [0.1, 0.15) is 16.8 Å². The number of hydrogen-bond donors (Lipinski definition) is 0. The minimum Gasteiger partial charge on any atom is -0.309 e. The molecule has 0 aliphatic heterocycles. The van der Waals surface area contributed by atoms with Crippen molar-refractivity contribution in [2.45, 2.75) is 0 Å². The van der Waals surface area contributed by atoms with Crippen LogP contribution in [0.3, 0.4) is 0 Å². The highest BCUT2D eigenvalue weighted by Crippen LogP contribution is 2.45. The third-order valence-electron chi connectivity index (χ3n) is 9.69. The van der Waals surface area contributed by atoms with E-state index in [0.29, 0.717) is 0 Å². The predicted octanol–water partition coefficient (Wildman–Crippen LogP) is 9.78. The van der Waals surface area contributed by atoms with Crippen molar-refractivity contribution in [2.75, 3.05) is 0 Å². The van der Waals surface area contributed by atoms with Gasteiger partial charge in [-0.2, -0.15) is 0 Å². The molecule has 0 radical (unpaired) electrons. The second-order valence-corrected chi connectivity index (χ2v) is 12.1. The predicted molar refractivity (Wildman–Crippen MR) is 192 cm³/mol. The van der Waals surface area contributed by atoms with Gasteiger partial charge in [0.25, 0.3) is 0 Å². The summed E-state index contributed by atoms with van der Waals surface area (Å²) >= 11 is 0. The molecule has 0 aliphatic rings. The van der Waals surface area contributed by atoms with E-state index in [4.69, 9.17) is 15.0 Å². The van der Waals surface area contributed by atoms with E-state index in [1.54, 1.807) is 0 Å². The molecule has 0 bridgehead atoms. The summed E-state index contributed by atoms with van der Waals surface area (Å²) in [5.41, 5.74) is 10.3. The van der Waals surface area contributed by atoms with Gasteiger partial charge in [0, 0.05) is 56.1 Å². The van der Waals surface area contributed by atoms with E-state index in [2.05, 4.69) is 129 Å².